The molecule has 0 saturated carbocycles. The molecule has 1 unspecified atom stereocenters. The topological polar surface area (TPSA) is 38.3 Å². The van der Waals surface area contributed by atoms with E-state index in [9.17, 15) is 4.79 Å². The summed E-state index contributed by atoms with van der Waals surface area (Å²) in [4.78, 5) is 11.5. The van der Waals surface area contributed by atoms with Crippen LogP contribution in [0.5, 0.6) is 0 Å². The summed E-state index contributed by atoms with van der Waals surface area (Å²) in [5.74, 6) is -0.323. The first kappa shape index (κ1) is 12.3. The molecule has 1 N–H and O–H groups in total. The lowest BCUT2D eigenvalue weighted by molar-refractivity contribution is -0.140. The van der Waals surface area contributed by atoms with E-state index >= 15 is 0 Å². The van der Waals surface area contributed by atoms with Crippen molar-refractivity contribution in [3.63, 3.8) is 0 Å². The van der Waals surface area contributed by atoms with E-state index in [2.05, 4.69) is 11.9 Å². The van der Waals surface area contributed by atoms with Gasteiger partial charge in [0.15, 0.2) is 0 Å². The van der Waals surface area contributed by atoms with Gasteiger partial charge in [0.1, 0.15) is 6.04 Å². The maximum atomic E-state index is 11.5. The highest BCUT2D eigenvalue weighted by molar-refractivity contribution is 5.83. The lowest BCUT2D eigenvalue weighted by Gasteiger charge is -2.18. The molecule has 1 rings (SSSR count). The average Bonchev–Trinajstić information content (AvgIpc) is 2.26. The second-order valence-electron chi connectivity index (χ2n) is 3.76. The van der Waals surface area contributed by atoms with Gasteiger partial charge in [-0.1, -0.05) is 24.8 Å². The number of hydrogen-bond acceptors (Lipinski definition) is 3. The van der Waals surface area contributed by atoms with Gasteiger partial charge in [-0.3, -0.25) is 0 Å². The second kappa shape index (κ2) is 5.35. The van der Waals surface area contributed by atoms with Gasteiger partial charge in [0.05, 0.1) is 7.11 Å². The summed E-state index contributed by atoms with van der Waals surface area (Å²) in [6, 6.07) is 7.28. The minimum atomic E-state index is -0.494. The van der Waals surface area contributed by atoms with Crippen molar-refractivity contribution >= 4 is 11.7 Å². The molecule has 0 spiro atoms. The Morgan fingerprint density at radius 2 is 2.06 bits per heavy atom. The number of hydrogen-bond donors (Lipinski definition) is 1. The molecule has 86 valence electrons. The van der Waals surface area contributed by atoms with Crippen LogP contribution in [0, 0.1) is 6.92 Å². The summed E-state index contributed by atoms with van der Waals surface area (Å²) < 4.78 is 4.72. The van der Waals surface area contributed by atoms with Gasteiger partial charge in [-0.15, -0.1) is 0 Å². The van der Waals surface area contributed by atoms with Crippen LogP contribution in [0.4, 0.5) is 5.69 Å². The highest BCUT2D eigenvalue weighted by atomic mass is 16.5. The lowest BCUT2D eigenvalue weighted by atomic mass is 10.1. The molecule has 0 aliphatic carbocycles. The first-order chi connectivity index (χ1) is 7.56. The third-order valence-electron chi connectivity index (χ3n) is 2.37. The van der Waals surface area contributed by atoms with E-state index in [1.54, 1.807) is 6.92 Å². The second-order valence-corrected chi connectivity index (χ2v) is 3.76. The summed E-state index contributed by atoms with van der Waals surface area (Å²) in [6.07, 6.45) is 0. The summed E-state index contributed by atoms with van der Waals surface area (Å²) in [5.41, 5.74) is 2.73. The van der Waals surface area contributed by atoms with E-state index in [1.165, 1.54) is 7.11 Å². The number of benzene rings is 1. The fraction of sp³-hybridized carbons (Fsp3) is 0.308. The molecular weight excluding hydrogens is 202 g/mol. The Hall–Kier alpha value is -1.77. The van der Waals surface area contributed by atoms with Crippen LogP contribution in [-0.4, -0.2) is 19.1 Å². The Balaban J connectivity index is 2.88. The van der Waals surface area contributed by atoms with E-state index in [4.69, 9.17) is 4.74 Å². The zero-order valence-corrected chi connectivity index (χ0v) is 9.91. The molecule has 0 bridgehead atoms. The number of esters is 1. The van der Waals surface area contributed by atoms with Crippen LogP contribution in [0.2, 0.25) is 0 Å². The summed E-state index contributed by atoms with van der Waals surface area (Å²) in [6.45, 7) is 7.57. The van der Waals surface area contributed by atoms with Crippen LogP contribution in [0.3, 0.4) is 0 Å². The third kappa shape index (κ3) is 2.86. The Bertz CT molecular complexity index is 399. The molecule has 0 fully saturated rings. The molecule has 1 aromatic rings. The summed E-state index contributed by atoms with van der Waals surface area (Å²) in [5, 5.41) is 3.12. The van der Waals surface area contributed by atoms with Gasteiger partial charge in [0.2, 0.25) is 0 Å². The van der Waals surface area contributed by atoms with Crippen LogP contribution < -0.4 is 5.32 Å². The van der Waals surface area contributed by atoms with E-state index in [-0.39, 0.29) is 5.97 Å². The average molecular weight is 219 g/mol. The highest BCUT2D eigenvalue weighted by Gasteiger charge is 2.19. The Morgan fingerprint density at radius 3 is 2.56 bits per heavy atom. The van der Waals surface area contributed by atoms with Crippen LogP contribution in [0.1, 0.15) is 12.5 Å². The number of methoxy groups -OCH3 is 1. The molecule has 3 nitrogen and oxygen atoms in total. The monoisotopic (exact) mass is 219 g/mol. The van der Waals surface area contributed by atoms with Crippen molar-refractivity contribution in [3.8, 4) is 0 Å². The van der Waals surface area contributed by atoms with Crippen molar-refractivity contribution in [1.82, 2.24) is 0 Å². The molecule has 0 aliphatic rings. The van der Waals surface area contributed by atoms with Crippen molar-refractivity contribution in [2.75, 3.05) is 12.4 Å². The number of ether oxygens (including phenoxy) is 1. The van der Waals surface area contributed by atoms with E-state index in [0.717, 1.165) is 16.8 Å². The number of aryl methyl sites for hydroxylation is 1. The van der Waals surface area contributed by atoms with Gasteiger partial charge in [-0.05, 0) is 31.1 Å². The predicted octanol–water partition coefficient (Wildman–Crippen LogP) is 2.52. The summed E-state index contributed by atoms with van der Waals surface area (Å²) in [7, 11) is 1.37. The number of para-hydroxylation sites is 1. The maximum Gasteiger partial charge on any atom is 0.332 e. The van der Waals surface area contributed by atoms with E-state index in [0.29, 0.717) is 0 Å². The van der Waals surface area contributed by atoms with Gasteiger partial charge >= 0.3 is 5.97 Å². The van der Waals surface area contributed by atoms with Crippen molar-refractivity contribution in [2.24, 2.45) is 0 Å². The van der Waals surface area contributed by atoms with E-state index < -0.39 is 6.04 Å². The van der Waals surface area contributed by atoms with Gasteiger partial charge in [-0.25, -0.2) is 4.79 Å². The molecule has 0 amide bonds. The number of carbonyl (C=O) groups excluding carboxylic acids is 1. The van der Waals surface area contributed by atoms with Gasteiger partial charge in [0, 0.05) is 5.69 Å². The summed E-state index contributed by atoms with van der Waals surface area (Å²) >= 11 is 0. The zero-order chi connectivity index (χ0) is 12.1. The first-order valence-electron chi connectivity index (χ1n) is 5.11. The normalized spacial score (nSPS) is 11.7. The number of nitrogens with one attached hydrogen (secondary N) is 1. The minimum Gasteiger partial charge on any atom is -0.467 e. The lowest BCUT2D eigenvalue weighted by Crippen LogP contribution is -2.31. The fourth-order valence-corrected chi connectivity index (χ4v) is 1.39. The maximum absolute atomic E-state index is 11.5. The molecule has 0 aromatic heterocycles. The highest BCUT2D eigenvalue weighted by Crippen LogP contribution is 2.17. The van der Waals surface area contributed by atoms with Crippen molar-refractivity contribution < 1.29 is 9.53 Å². The predicted molar refractivity (Wildman–Crippen MR) is 65.4 cm³/mol. The Labute approximate surface area is 96.1 Å². The molecule has 3 heteroatoms. The molecule has 0 saturated heterocycles. The smallest absolute Gasteiger partial charge is 0.332 e. The minimum absolute atomic E-state index is 0.323. The zero-order valence-electron chi connectivity index (χ0n) is 9.91. The largest absolute Gasteiger partial charge is 0.467 e. The molecule has 1 aromatic carbocycles. The molecular formula is C13H17NO2. The SMILES string of the molecule is C=C(C)C(Nc1ccccc1C)C(=O)OC. The Kier molecular flexibility index (Phi) is 4.11. The van der Waals surface area contributed by atoms with Crippen molar-refractivity contribution in [1.29, 1.82) is 0 Å². The van der Waals surface area contributed by atoms with E-state index in [1.807, 2.05) is 31.2 Å². The van der Waals surface area contributed by atoms with Crippen LogP contribution in [0.25, 0.3) is 0 Å². The molecule has 16 heavy (non-hydrogen) atoms. The Morgan fingerprint density at radius 1 is 1.44 bits per heavy atom. The molecule has 0 heterocycles. The third-order valence-corrected chi connectivity index (χ3v) is 2.37. The molecule has 0 aliphatic heterocycles. The van der Waals surface area contributed by atoms with Crippen molar-refractivity contribution in [3.05, 3.63) is 42.0 Å². The van der Waals surface area contributed by atoms with Crippen LogP contribution in [-0.2, 0) is 9.53 Å². The fourth-order valence-electron chi connectivity index (χ4n) is 1.39. The van der Waals surface area contributed by atoms with Crippen LogP contribution in [0.15, 0.2) is 36.4 Å². The standard InChI is InChI=1S/C13H17NO2/c1-9(2)12(13(15)16-4)14-11-8-6-5-7-10(11)3/h5-8,12,14H,1H2,2-4H3. The van der Waals surface area contributed by atoms with Gasteiger partial charge < -0.3 is 10.1 Å². The number of carbonyl (C=O) groups is 1. The number of rotatable bonds is 4. The molecule has 0 radical (unpaired) electrons. The van der Waals surface area contributed by atoms with Gasteiger partial charge in [-0.2, -0.15) is 0 Å². The quantitative estimate of drug-likeness (QED) is 0.624. The first-order valence-corrected chi connectivity index (χ1v) is 5.11. The molecule has 1 atom stereocenters. The van der Waals surface area contributed by atoms with Gasteiger partial charge in [0.25, 0.3) is 0 Å². The van der Waals surface area contributed by atoms with Crippen LogP contribution >= 0.6 is 0 Å². The number of anilines is 1. The van der Waals surface area contributed by atoms with Crippen molar-refractivity contribution in [2.45, 2.75) is 19.9 Å².